The molecule has 0 aromatic heterocycles. The van der Waals surface area contributed by atoms with Gasteiger partial charge in [0.15, 0.2) is 0 Å². The summed E-state index contributed by atoms with van der Waals surface area (Å²) in [4.78, 5) is 0. The van der Waals surface area contributed by atoms with E-state index in [1.54, 1.807) is 6.08 Å². The van der Waals surface area contributed by atoms with E-state index in [1.807, 2.05) is 12.1 Å². The van der Waals surface area contributed by atoms with Gasteiger partial charge in [0.05, 0.1) is 6.07 Å². The fourth-order valence-electron chi connectivity index (χ4n) is 2.13. The fourth-order valence-corrected chi connectivity index (χ4v) is 2.13. The van der Waals surface area contributed by atoms with Crippen LogP contribution in [0.25, 0.3) is 0 Å². The summed E-state index contributed by atoms with van der Waals surface area (Å²) in [7, 11) is 0. The van der Waals surface area contributed by atoms with Gasteiger partial charge in [0.2, 0.25) is 0 Å². The molecule has 0 rings (SSSR count). The molecule has 0 bridgehead atoms. The Morgan fingerprint density at radius 3 is 2.14 bits per heavy atom. The summed E-state index contributed by atoms with van der Waals surface area (Å²) in [5.41, 5.74) is 0.764. The maximum Gasteiger partial charge on any atom is 0.0908 e. The number of allylic oxidation sites excluding steroid dienone is 2. The van der Waals surface area contributed by atoms with Crippen molar-refractivity contribution in [3.63, 3.8) is 0 Å². The molecule has 0 aliphatic carbocycles. The summed E-state index contributed by atoms with van der Waals surface area (Å²) in [6, 6.07) is 2.02. The average molecular weight is 193 g/mol. The molecular formula is C13H23N. The van der Waals surface area contributed by atoms with Gasteiger partial charge in [-0.2, -0.15) is 5.26 Å². The van der Waals surface area contributed by atoms with Crippen LogP contribution in [0.2, 0.25) is 0 Å². The Bertz CT molecular complexity index is 223. The van der Waals surface area contributed by atoms with Gasteiger partial charge in [0.25, 0.3) is 0 Å². The van der Waals surface area contributed by atoms with Gasteiger partial charge in [-0.25, -0.2) is 0 Å². The second-order valence-corrected chi connectivity index (χ2v) is 5.97. The second-order valence-electron chi connectivity index (χ2n) is 5.97. The first kappa shape index (κ1) is 13.2. The molecule has 0 aliphatic heterocycles. The molecule has 0 aromatic carbocycles. The topological polar surface area (TPSA) is 23.8 Å². The lowest BCUT2D eigenvalue weighted by atomic mass is 9.74. The smallest absolute Gasteiger partial charge is 0.0908 e. The van der Waals surface area contributed by atoms with Gasteiger partial charge in [-0.05, 0) is 30.1 Å². The number of nitrogens with zero attached hydrogens (tertiary/aromatic N) is 1. The Morgan fingerprint density at radius 2 is 1.71 bits per heavy atom. The van der Waals surface area contributed by atoms with E-state index in [9.17, 15) is 0 Å². The predicted molar refractivity (Wildman–Crippen MR) is 61.8 cm³/mol. The van der Waals surface area contributed by atoms with Crippen molar-refractivity contribution < 1.29 is 0 Å². The van der Waals surface area contributed by atoms with E-state index in [0.717, 1.165) is 12.8 Å². The molecule has 0 N–H and O–H groups in total. The van der Waals surface area contributed by atoms with Crippen molar-refractivity contribution in [1.29, 1.82) is 5.26 Å². The Morgan fingerprint density at radius 1 is 1.14 bits per heavy atom. The number of hydrogen-bond donors (Lipinski definition) is 0. The highest BCUT2D eigenvalue weighted by atomic mass is 14.3. The standard InChI is InChI=1S/C13H23N/c1-12(2,3)11-13(4,5)9-7-6-8-10-14/h6,8H,7,9,11H2,1-5H3. The normalized spacial score (nSPS) is 13.1. The lowest BCUT2D eigenvalue weighted by Gasteiger charge is -2.32. The highest BCUT2D eigenvalue weighted by molar-refractivity contribution is 5.01. The highest BCUT2D eigenvalue weighted by Gasteiger charge is 2.24. The minimum atomic E-state index is 0.373. The van der Waals surface area contributed by atoms with E-state index in [2.05, 4.69) is 34.6 Å². The van der Waals surface area contributed by atoms with Gasteiger partial charge < -0.3 is 0 Å². The first-order valence-corrected chi connectivity index (χ1v) is 5.31. The summed E-state index contributed by atoms with van der Waals surface area (Å²) in [5, 5.41) is 8.35. The first-order chi connectivity index (χ1) is 6.27. The molecule has 0 saturated carbocycles. The van der Waals surface area contributed by atoms with E-state index in [-0.39, 0.29) is 0 Å². The van der Waals surface area contributed by atoms with E-state index in [4.69, 9.17) is 5.26 Å². The third kappa shape index (κ3) is 7.86. The molecule has 80 valence electrons. The van der Waals surface area contributed by atoms with Crippen molar-refractivity contribution in [3.8, 4) is 6.07 Å². The van der Waals surface area contributed by atoms with Gasteiger partial charge in [0.1, 0.15) is 0 Å². The van der Waals surface area contributed by atoms with Crippen molar-refractivity contribution in [2.45, 2.75) is 53.9 Å². The molecule has 0 fully saturated rings. The van der Waals surface area contributed by atoms with Crippen molar-refractivity contribution in [2.24, 2.45) is 10.8 Å². The molecule has 14 heavy (non-hydrogen) atoms. The van der Waals surface area contributed by atoms with E-state index in [1.165, 1.54) is 6.42 Å². The van der Waals surface area contributed by atoms with E-state index < -0.39 is 0 Å². The molecule has 0 atom stereocenters. The minimum absolute atomic E-state index is 0.373. The molecule has 1 nitrogen and oxygen atoms in total. The fraction of sp³-hybridized carbons (Fsp3) is 0.769. The lowest BCUT2D eigenvalue weighted by Crippen LogP contribution is -2.20. The Balaban J connectivity index is 3.97. The molecule has 1 heteroatoms. The molecule has 0 aromatic rings. The summed E-state index contributed by atoms with van der Waals surface area (Å²) < 4.78 is 0. The predicted octanol–water partition coefficient (Wildman–Crippen LogP) is 4.31. The SMILES string of the molecule is CC(C)(C)CC(C)(C)CCC=CC#N. The summed E-state index contributed by atoms with van der Waals surface area (Å²) in [5.74, 6) is 0. The van der Waals surface area contributed by atoms with Crippen LogP contribution >= 0.6 is 0 Å². The van der Waals surface area contributed by atoms with Crippen LogP contribution in [-0.4, -0.2) is 0 Å². The number of hydrogen-bond acceptors (Lipinski definition) is 1. The molecule has 0 aliphatic rings. The second kappa shape index (κ2) is 5.20. The first-order valence-electron chi connectivity index (χ1n) is 5.31. The molecule has 0 heterocycles. The van der Waals surface area contributed by atoms with Crippen molar-refractivity contribution >= 4 is 0 Å². The minimum Gasteiger partial charge on any atom is -0.193 e. The van der Waals surface area contributed by atoms with Crippen LogP contribution in [0.15, 0.2) is 12.2 Å². The van der Waals surface area contributed by atoms with Crippen LogP contribution in [0.3, 0.4) is 0 Å². The lowest BCUT2D eigenvalue weighted by molar-refractivity contribution is 0.200. The van der Waals surface area contributed by atoms with Gasteiger partial charge >= 0.3 is 0 Å². The van der Waals surface area contributed by atoms with E-state index >= 15 is 0 Å². The van der Waals surface area contributed by atoms with Crippen LogP contribution in [0.5, 0.6) is 0 Å². The Hall–Kier alpha value is -0.770. The van der Waals surface area contributed by atoms with Crippen molar-refractivity contribution in [3.05, 3.63) is 12.2 Å². The Labute approximate surface area is 88.8 Å². The van der Waals surface area contributed by atoms with Crippen LogP contribution in [0.1, 0.15) is 53.9 Å². The largest absolute Gasteiger partial charge is 0.193 e. The van der Waals surface area contributed by atoms with Gasteiger partial charge in [-0.1, -0.05) is 40.7 Å². The molecule has 0 unspecified atom stereocenters. The highest BCUT2D eigenvalue weighted by Crippen LogP contribution is 2.36. The molecule has 0 spiro atoms. The third-order valence-corrected chi connectivity index (χ3v) is 2.19. The molecule has 0 amide bonds. The quantitative estimate of drug-likeness (QED) is 0.610. The van der Waals surface area contributed by atoms with Crippen molar-refractivity contribution in [1.82, 2.24) is 0 Å². The van der Waals surface area contributed by atoms with Gasteiger partial charge in [-0.3, -0.25) is 0 Å². The molecule has 0 saturated heterocycles. The average Bonchev–Trinajstić information content (AvgIpc) is 1.93. The van der Waals surface area contributed by atoms with Crippen molar-refractivity contribution in [2.75, 3.05) is 0 Å². The summed E-state index contributed by atoms with van der Waals surface area (Å²) >= 11 is 0. The maximum atomic E-state index is 8.35. The number of nitriles is 1. The monoisotopic (exact) mass is 193 g/mol. The van der Waals surface area contributed by atoms with Gasteiger partial charge in [-0.15, -0.1) is 0 Å². The van der Waals surface area contributed by atoms with Crippen LogP contribution in [0, 0.1) is 22.2 Å². The van der Waals surface area contributed by atoms with Crippen LogP contribution in [0.4, 0.5) is 0 Å². The summed E-state index contributed by atoms with van der Waals surface area (Å²) in [6.07, 6.45) is 6.93. The maximum absolute atomic E-state index is 8.35. The van der Waals surface area contributed by atoms with Crippen LogP contribution < -0.4 is 0 Å². The third-order valence-electron chi connectivity index (χ3n) is 2.19. The zero-order valence-electron chi connectivity index (χ0n) is 10.2. The van der Waals surface area contributed by atoms with Gasteiger partial charge in [0, 0.05) is 6.08 Å². The molecule has 0 radical (unpaired) electrons. The number of rotatable bonds is 4. The zero-order chi connectivity index (χ0) is 11.2. The molecular weight excluding hydrogens is 170 g/mol. The van der Waals surface area contributed by atoms with Crippen LogP contribution in [-0.2, 0) is 0 Å². The Kier molecular flexibility index (Phi) is 4.91. The van der Waals surface area contributed by atoms with E-state index in [0.29, 0.717) is 10.8 Å². The zero-order valence-corrected chi connectivity index (χ0v) is 10.2. The summed E-state index contributed by atoms with van der Waals surface area (Å²) in [6.45, 7) is 11.4.